The van der Waals surface area contributed by atoms with Crippen LogP contribution in [0.25, 0.3) is 0 Å². The number of allylic oxidation sites excluding steroid dienone is 3. The maximum Gasteiger partial charge on any atom is 0.311 e. The van der Waals surface area contributed by atoms with Crippen LogP contribution in [0.1, 0.15) is 46.0 Å². The third-order valence-corrected chi connectivity index (χ3v) is 5.28. The van der Waals surface area contributed by atoms with Crippen LogP contribution in [0.3, 0.4) is 0 Å². The minimum atomic E-state index is -0.329. The monoisotopic (exact) mass is 248 g/mol. The van der Waals surface area contributed by atoms with E-state index in [1.165, 1.54) is 12.7 Å². The zero-order chi connectivity index (χ0) is 13.4. The number of hydrogen-bond donors (Lipinski definition) is 0. The van der Waals surface area contributed by atoms with E-state index in [9.17, 15) is 4.79 Å². The smallest absolute Gasteiger partial charge is 0.311 e. The Morgan fingerprint density at radius 2 is 2.22 bits per heavy atom. The highest BCUT2D eigenvalue weighted by atomic mass is 16.5. The lowest BCUT2D eigenvalue weighted by molar-refractivity contribution is -0.162. The van der Waals surface area contributed by atoms with Gasteiger partial charge in [-0.3, -0.25) is 4.79 Å². The van der Waals surface area contributed by atoms with Crippen molar-refractivity contribution >= 4 is 5.97 Å². The van der Waals surface area contributed by atoms with Gasteiger partial charge >= 0.3 is 5.97 Å². The van der Waals surface area contributed by atoms with Crippen LogP contribution >= 0.6 is 0 Å². The summed E-state index contributed by atoms with van der Waals surface area (Å²) in [5.74, 6) is 0.341. The van der Waals surface area contributed by atoms with Crippen molar-refractivity contribution in [2.75, 3.05) is 7.11 Å². The summed E-state index contributed by atoms with van der Waals surface area (Å²) < 4.78 is 5.07. The maximum atomic E-state index is 12.2. The summed E-state index contributed by atoms with van der Waals surface area (Å²) in [4.78, 5) is 12.2. The first-order chi connectivity index (χ1) is 8.49. The summed E-state index contributed by atoms with van der Waals surface area (Å²) >= 11 is 0. The minimum absolute atomic E-state index is 0.0382. The number of carbonyl (C=O) groups is 1. The Morgan fingerprint density at radius 3 is 2.83 bits per heavy atom. The van der Waals surface area contributed by atoms with Crippen molar-refractivity contribution < 1.29 is 9.53 Å². The summed E-state index contributed by atoms with van der Waals surface area (Å²) in [5.41, 5.74) is 1.10. The molecule has 3 atom stereocenters. The van der Waals surface area contributed by atoms with Crippen molar-refractivity contribution in [3.8, 4) is 0 Å². The van der Waals surface area contributed by atoms with Gasteiger partial charge in [0, 0.05) is 0 Å². The summed E-state index contributed by atoms with van der Waals surface area (Å²) in [5, 5.41) is 0. The van der Waals surface area contributed by atoms with Crippen LogP contribution in [0.5, 0.6) is 0 Å². The van der Waals surface area contributed by atoms with Crippen LogP contribution in [-0.4, -0.2) is 13.1 Å². The predicted molar refractivity (Wildman–Crippen MR) is 73.1 cm³/mol. The summed E-state index contributed by atoms with van der Waals surface area (Å²) in [6, 6.07) is 0. The fraction of sp³-hybridized carbons (Fsp3) is 0.688. The van der Waals surface area contributed by atoms with Crippen LogP contribution in [0.2, 0.25) is 0 Å². The van der Waals surface area contributed by atoms with Crippen LogP contribution in [0, 0.1) is 16.7 Å². The molecule has 2 nitrogen and oxygen atoms in total. The van der Waals surface area contributed by atoms with Crippen LogP contribution in [0.4, 0.5) is 0 Å². The van der Waals surface area contributed by atoms with E-state index in [1.807, 2.05) is 6.08 Å². The zero-order valence-corrected chi connectivity index (χ0v) is 11.8. The van der Waals surface area contributed by atoms with E-state index in [2.05, 4.69) is 26.5 Å². The number of fused-ring (bicyclic) bond motifs is 1. The molecule has 1 saturated carbocycles. The zero-order valence-electron chi connectivity index (χ0n) is 11.8. The van der Waals surface area contributed by atoms with Gasteiger partial charge in [-0.15, -0.1) is 0 Å². The maximum absolute atomic E-state index is 12.2. The molecule has 0 saturated heterocycles. The molecular weight excluding hydrogens is 224 g/mol. The molecule has 0 amide bonds. The Morgan fingerprint density at radius 1 is 1.50 bits per heavy atom. The van der Waals surface area contributed by atoms with Crippen LogP contribution in [-0.2, 0) is 9.53 Å². The van der Waals surface area contributed by atoms with Crippen LogP contribution in [0.15, 0.2) is 24.3 Å². The Bertz CT molecular complexity index is 396. The fourth-order valence-electron chi connectivity index (χ4n) is 4.29. The average molecular weight is 248 g/mol. The van der Waals surface area contributed by atoms with E-state index in [0.717, 1.165) is 32.1 Å². The largest absolute Gasteiger partial charge is 0.469 e. The topological polar surface area (TPSA) is 26.3 Å². The van der Waals surface area contributed by atoms with E-state index in [4.69, 9.17) is 4.74 Å². The summed E-state index contributed by atoms with van der Waals surface area (Å²) in [6.07, 6.45) is 9.60. The van der Waals surface area contributed by atoms with E-state index >= 15 is 0 Å². The third-order valence-electron chi connectivity index (χ3n) is 5.28. The quantitative estimate of drug-likeness (QED) is 0.693. The van der Waals surface area contributed by atoms with Crippen molar-refractivity contribution in [1.29, 1.82) is 0 Å². The fourth-order valence-corrected chi connectivity index (χ4v) is 4.29. The van der Waals surface area contributed by atoms with Gasteiger partial charge in [0.25, 0.3) is 0 Å². The molecule has 2 aliphatic rings. The molecule has 0 unspecified atom stereocenters. The van der Waals surface area contributed by atoms with Gasteiger partial charge in [-0.25, -0.2) is 0 Å². The molecule has 0 aromatic heterocycles. The molecule has 18 heavy (non-hydrogen) atoms. The molecule has 0 aromatic carbocycles. The normalized spacial score (nSPS) is 39.5. The average Bonchev–Trinajstić information content (AvgIpc) is 2.37. The van der Waals surface area contributed by atoms with E-state index < -0.39 is 0 Å². The lowest BCUT2D eigenvalue weighted by Gasteiger charge is -2.53. The second-order valence-electron chi connectivity index (χ2n) is 6.17. The molecule has 0 bridgehead atoms. The molecule has 0 aromatic rings. The van der Waals surface area contributed by atoms with Gasteiger partial charge in [-0.1, -0.05) is 32.1 Å². The van der Waals surface area contributed by atoms with Crippen LogP contribution < -0.4 is 0 Å². The Labute approximate surface area is 110 Å². The van der Waals surface area contributed by atoms with Crippen molar-refractivity contribution in [3.05, 3.63) is 24.3 Å². The SMILES string of the molecule is C=CC1=CCC[C@@H]2[C@](C)(C(=O)OC)CCC[C@@]12C. The lowest BCUT2D eigenvalue weighted by atomic mass is 9.50. The van der Waals surface area contributed by atoms with Gasteiger partial charge in [-0.2, -0.15) is 0 Å². The number of methoxy groups -OCH3 is 1. The number of ether oxygens (including phenoxy) is 1. The molecule has 0 radical (unpaired) electrons. The van der Waals surface area contributed by atoms with Gasteiger partial charge in [0.15, 0.2) is 0 Å². The van der Waals surface area contributed by atoms with Crippen molar-refractivity contribution in [2.24, 2.45) is 16.7 Å². The van der Waals surface area contributed by atoms with Crippen molar-refractivity contribution in [3.63, 3.8) is 0 Å². The number of carbonyl (C=O) groups excluding carboxylic acids is 1. The molecular formula is C16H24O2. The third kappa shape index (κ3) is 1.73. The second-order valence-corrected chi connectivity index (χ2v) is 6.17. The number of hydrogen-bond acceptors (Lipinski definition) is 2. The number of esters is 1. The molecule has 2 rings (SSSR count). The molecule has 100 valence electrons. The molecule has 2 heteroatoms. The van der Waals surface area contributed by atoms with E-state index in [0.29, 0.717) is 5.92 Å². The first kappa shape index (κ1) is 13.4. The second kappa shape index (κ2) is 4.56. The van der Waals surface area contributed by atoms with Gasteiger partial charge in [0.1, 0.15) is 0 Å². The molecule has 0 N–H and O–H groups in total. The molecule has 1 fully saturated rings. The highest BCUT2D eigenvalue weighted by Gasteiger charge is 2.54. The Hall–Kier alpha value is -1.05. The summed E-state index contributed by atoms with van der Waals surface area (Å²) in [7, 11) is 1.51. The highest BCUT2D eigenvalue weighted by molar-refractivity contribution is 5.77. The minimum Gasteiger partial charge on any atom is -0.469 e. The first-order valence-electron chi connectivity index (χ1n) is 6.90. The van der Waals surface area contributed by atoms with Crippen molar-refractivity contribution in [1.82, 2.24) is 0 Å². The highest BCUT2D eigenvalue weighted by Crippen LogP contribution is 2.58. The molecule has 0 aliphatic heterocycles. The molecule has 0 spiro atoms. The Kier molecular flexibility index (Phi) is 3.39. The Balaban J connectivity index is 2.43. The lowest BCUT2D eigenvalue weighted by Crippen LogP contribution is -2.50. The first-order valence-corrected chi connectivity index (χ1v) is 6.90. The molecule has 2 aliphatic carbocycles. The van der Waals surface area contributed by atoms with Gasteiger partial charge < -0.3 is 4.74 Å². The summed E-state index contributed by atoms with van der Waals surface area (Å²) in [6.45, 7) is 8.34. The van der Waals surface area contributed by atoms with Gasteiger partial charge in [-0.05, 0) is 49.5 Å². The number of rotatable bonds is 2. The standard InChI is InChI=1S/C16H24O2/c1-5-12-8-6-9-13-15(12,2)10-7-11-16(13,3)14(17)18-4/h5,8,13H,1,6-7,9-11H2,2-4H3/t13-,15-,16+/m0/s1. The van der Waals surface area contributed by atoms with Gasteiger partial charge in [0.2, 0.25) is 0 Å². The van der Waals surface area contributed by atoms with E-state index in [1.54, 1.807) is 0 Å². The van der Waals surface area contributed by atoms with Gasteiger partial charge in [0.05, 0.1) is 12.5 Å². The molecule has 0 heterocycles. The van der Waals surface area contributed by atoms with E-state index in [-0.39, 0.29) is 16.8 Å². The predicted octanol–water partition coefficient (Wildman–Crippen LogP) is 3.88. The van der Waals surface area contributed by atoms with Crippen molar-refractivity contribution in [2.45, 2.75) is 46.0 Å².